The molecule has 0 unspecified atom stereocenters. The van der Waals surface area contributed by atoms with E-state index < -0.39 is 0 Å². The SMILES string of the molecule is COc1cccc(CCNC(=O)c2nc(-c3ccc(C(C)(C)C)cc3)oc2-c2ccc(NC(C)=O)cc2)c1. The number of carbonyl (C=O) groups excluding carboxylic acids is 2. The minimum atomic E-state index is -0.324. The Balaban J connectivity index is 1.61. The Morgan fingerprint density at radius 3 is 2.26 bits per heavy atom. The quantitative estimate of drug-likeness (QED) is 0.292. The smallest absolute Gasteiger partial charge is 0.273 e. The number of rotatable bonds is 8. The molecule has 0 radical (unpaired) electrons. The van der Waals surface area contributed by atoms with E-state index in [-0.39, 0.29) is 22.9 Å². The van der Waals surface area contributed by atoms with E-state index in [1.165, 1.54) is 12.5 Å². The molecule has 0 aliphatic carbocycles. The van der Waals surface area contributed by atoms with E-state index in [1.54, 1.807) is 31.4 Å². The van der Waals surface area contributed by atoms with Crippen molar-refractivity contribution in [3.8, 4) is 28.5 Å². The van der Waals surface area contributed by atoms with Crippen LogP contribution < -0.4 is 15.4 Å². The molecule has 4 rings (SSSR count). The molecule has 1 heterocycles. The van der Waals surface area contributed by atoms with Gasteiger partial charge in [-0.1, -0.05) is 45.0 Å². The van der Waals surface area contributed by atoms with Gasteiger partial charge in [-0.25, -0.2) is 4.98 Å². The van der Waals surface area contributed by atoms with Gasteiger partial charge in [0.15, 0.2) is 11.5 Å². The second-order valence-corrected chi connectivity index (χ2v) is 10.1. The van der Waals surface area contributed by atoms with Crippen molar-refractivity contribution in [1.82, 2.24) is 10.3 Å². The molecular weight excluding hydrogens is 478 g/mol. The minimum Gasteiger partial charge on any atom is -0.497 e. The molecule has 3 aromatic carbocycles. The second kappa shape index (κ2) is 11.3. The Kier molecular flexibility index (Phi) is 7.96. The van der Waals surface area contributed by atoms with E-state index >= 15 is 0 Å². The molecule has 7 heteroatoms. The first-order valence-electron chi connectivity index (χ1n) is 12.5. The molecule has 196 valence electrons. The van der Waals surface area contributed by atoms with Crippen molar-refractivity contribution >= 4 is 17.5 Å². The Morgan fingerprint density at radius 1 is 0.947 bits per heavy atom. The highest BCUT2D eigenvalue weighted by atomic mass is 16.5. The average Bonchev–Trinajstić information content (AvgIpc) is 3.34. The molecule has 0 aliphatic rings. The van der Waals surface area contributed by atoms with Crippen LogP contribution in [0.25, 0.3) is 22.8 Å². The van der Waals surface area contributed by atoms with Gasteiger partial charge in [-0.3, -0.25) is 9.59 Å². The zero-order chi connectivity index (χ0) is 27.3. The summed E-state index contributed by atoms with van der Waals surface area (Å²) < 4.78 is 11.5. The molecule has 38 heavy (non-hydrogen) atoms. The van der Waals surface area contributed by atoms with E-state index in [9.17, 15) is 9.59 Å². The number of aromatic nitrogens is 1. The van der Waals surface area contributed by atoms with E-state index in [1.807, 2.05) is 36.4 Å². The van der Waals surface area contributed by atoms with Crippen molar-refractivity contribution in [1.29, 1.82) is 0 Å². The van der Waals surface area contributed by atoms with E-state index in [0.29, 0.717) is 35.9 Å². The van der Waals surface area contributed by atoms with Gasteiger partial charge in [0.2, 0.25) is 11.8 Å². The Labute approximate surface area is 223 Å². The Morgan fingerprint density at radius 2 is 1.63 bits per heavy atom. The first-order chi connectivity index (χ1) is 18.1. The van der Waals surface area contributed by atoms with Crippen LogP contribution in [0.15, 0.2) is 77.2 Å². The monoisotopic (exact) mass is 511 g/mol. The van der Waals surface area contributed by atoms with Crippen molar-refractivity contribution in [2.24, 2.45) is 0 Å². The number of methoxy groups -OCH3 is 1. The molecule has 2 N–H and O–H groups in total. The number of anilines is 1. The minimum absolute atomic E-state index is 0.0176. The zero-order valence-electron chi connectivity index (χ0n) is 22.4. The van der Waals surface area contributed by atoms with Crippen LogP contribution in [0.3, 0.4) is 0 Å². The lowest BCUT2D eigenvalue weighted by Gasteiger charge is -2.18. The van der Waals surface area contributed by atoms with Gasteiger partial charge in [0.05, 0.1) is 7.11 Å². The summed E-state index contributed by atoms with van der Waals surface area (Å²) in [6.07, 6.45) is 0.642. The summed E-state index contributed by atoms with van der Waals surface area (Å²) in [4.78, 5) is 29.3. The van der Waals surface area contributed by atoms with Crippen molar-refractivity contribution in [3.63, 3.8) is 0 Å². The highest BCUT2D eigenvalue weighted by Gasteiger charge is 2.23. The van der Waals surface area contributed by atoms with Gasteiger partial charge < -0.3 is 19.8 Å². The topological polar surface area (TPSA) is 93.5 Å². The van der Waals surface area contributed by atoms with Gasteiger partial charge in [-0.15, -0.1) is 0 Å². The maximum absolute atomic E-state index is 13.3. The molecule has 0 saturated carbocycles. The fraction of sp³-hybridized carbons (Fsp3) is 0.258. The number of ether oxygens (including phenoxy) is 1. The summed E-state index contributed by atoms with van der Waals surface area (Å²) in [6, 6.07) is 22.9. The third-order valence-corrected chi connectivity index (χ3v) is 6.14. The molecule has 0 aliphatic heterocycles. The molecule has 0 saturated heterocycles. The number of hydrogen-bond acceptors (Lipinski definition) is 5. The summed E-state index contributed by atoms with van der Waals surface area (Å²) in [5.41, 5.74) is 4.59. The van der Waals surface area contributed by atoms with Crippen molar-refractivity contribution < 1.29 is 18.7 Å². The fourth-order valence-corrected chi connectivity index (χ4v) is 4.05. The average molecular weight is 512 g/mol. The number of hydrogen-bond donors (Lipinski definition) is 2. The predicted molar refractivity (Wildman–Crippen MR) is 149 cm³/mol. The van der Waals surface area contributed by atoms with Crippen molar-refractivity contribution in [2.45, 2.75) is 39.5 Å². The zero-order valence-corrected chi connectivity index (χ0v) is 22.4. The lowest BCUT2D eigenvalue weighted by atomic mass is 9.87. The molecule has 0 atom stereocenters. The Bertz CT molecular complexity index is 1420. The molecule has 0 spiro atoms. The molecule has 1 aromatic heterocycles. The van der Waals surface area contributed by atoms with Crippen LogP contribution in [-0.4, -0.2) is 30.5 Å². The predicted octanol–water partition coefficient (Wildman–Crippen LogP) is 6.25. The number of nitrogens with one attached hydrogen (secondary N) is 2. The van der Waals surface area contributed by atoms with Crippen molar-refractivity contribution in [2.75, 3.05) is 19.0 Å². The van der Waals surface area contributed by atoms with Crippen LogP contribution in [0.1, 0.15) is 49.3 Å². The van der Waals surface area contributed by atoms with Gasteiger partial charge in [0.1, 0.15) is 5.75 Å². The number of carbonyl (C=O) groups is 2. The van der Waals surface area contributed by atoms with Crippen LogP contribution in [0.4, 0.5) is 5.69 Å². The van der Waals surface area contributed by atoms with Gasteiger partial charge in [-0.05, 0) is 71.5 Å². The Hall–Kier alpha value is -4.39. The third-order valence-electron chi connectivity index (χ3n) is 6.14. The standard InChI is InChI=1S/C31H33N3O4/c1-20(35)33-25-15-11-22(12-16-25)28-27(29(36)32-18-17-21-7-6-8-26(19-21)37-5)34-30(38-28)23-9-13-24(14-10-23)31(2,3)4/h6-16,19H,17-18H2,1-5H3,(H,32,36)(H,33,35). The van der Waals surface area contributed by atoms with Gasteiger partial charge in [0, 0.05) is 30.3 Å². The van der Waals surface area contributed by atoms with Crippen LogP contribution in [0, 0.1) is 0 Å². The van der Waals surface area contributed by atoms with Crippen molar-refractivity contribution in [3.05, 3.63) is 89.6 Å². The summed E-state index contributed by atoms with van der Waals surface area (Å²) in [5.74, 6) is 1.03. The van der Waals surface area contributed by atoms with Crippen LogP contribution >= 0.6 is 0 Å². The van der Waals surface area contributed by atoms with E-state index in [4.69, 9.17) is 9.15 Å². The van der Waals surface area contributed by atoms with Crippen LogP contribution in [0.2, 0.25) is 0 Å². The highest BCUT2D eigenvalue weighted by Crippen LogP contribution is 2.32. The highest BCUT2D eigenvalue weighted by molar-refractivity contribution is 5.98. The second-order valence-electron chi connectivity index (χ2n) is 10.1. The van der Waals surface area contributed by atoms with Crippen LogP contribution in [-0.2, 0) is 16.6 Å². The maximum atomic E-state index is 13.3. The van der Waals surface area contributed by atoms with E-state index in [2.05, 4.69) is 48.5 Å². The molecule has 2 amide bonds. The van der Waals surface area contributed by atoms with Gasteiger partial charge in [0.25, 0.3) is 5.91 Å². The molecule has 0 bridgehead atoms. The number of amides is 2. The molecular formula is C31H33N3O4. The molecule has 0 fully saturated rings. The largest absolute Gasteiger partial charge is 0.497 e. The van der Waals surface area contributed by atoms with Gasteiger partial charge in [-0.2, -0.15) is 0 Å². The summed E-state index contributed by atoms with van der Waals surface area (Å²) in [5, 5.41) is 5.71. The lowest BCUT2D eigenvalue weighted by Crippen LogP contribution is -2.26. The van der Waals surface area contributed by atoms with Crippen LogP contribution in [0.5, 0.6) is 5.75 Å². The van der Waals surface area contributed by atoms with Gasteiger partial charge >= 0.3 is 0 Å². The first kappa shape index (κ1) is 26.7. The number of oxazole rings is 1. The summed E-state index contributed by atoms with van der Waals surface area (Å²) in [7, 11) is 1.63. The molecule has 7 nitrogen and oxygen atoms in total. The first-order valence-corrected chi connectivity index (χ1v) is 12.5. The third kappa shape index (κ3) is 6.48. The number of nitrogens with zero attached hydrogens (tertiary/aromatic N) is 1. The summed E-state index contributed by atoms with van der Waals surface area (Å²) in [6.45, 7) is 8.35. The fourth-order valence-electron chi connectivity index (χ4n) is 4.05. The molecule has 4 aromatic rings. The maximum Gasteiger partial charge on any atom is 0.273 e. The lowest BCUT2D eigenvalue weighted by molar-refractivity contribution is -0.114. The number of benzene rings is 3. The summed E-state index contributed by atoms with van der Waals surface area (Å²) >= 11 is 0. The normalized spacial score (nSPS) is 11.2. The van der Waals surface area contributed by atoms with E-state index in [0.717, 1.165) is 16.9 Å².